The van der Waals surface area contributed by atoms with Crippen molar-refractivity contribution in [3.8, 4) is 0 Å². The van der Waals surface area contributed by atoms with Crippen LogP contribution in [-0.2, 0) is 74.9 Å². The molecular weight excluding hydrogens is 816 g/mol. The second-order valence-corrected chi connectivity index (χ2v) is 16.1. The lowest BCUT2D eigenvalue weighted by atomic mass is 9.69. The summed E-state index contributed by atoms with van der Waals surface area (Å²) in [4.78, 5) is 114. The number of aryl methyl sites for hydroxylation is 2. The molecule has 0 amide bonds. The number of aliphatic carboxylic acids is 8. The molecule has 0 saturated carbocycles. The minimum atomic E-state index is -1.49. The normalized spacial score (nSPS) is 19.5. The molecule has 3 aromatic rings. The van der Waals surface area contributed by atoms with Crippen molar-refractivity contribution in [2.75, 3.05) is 0 Å². The predicted octanol–water partition coefficient (Wildman–Crippen LogP) is 4.37. The van der Waals surface area contributed by atoms with Crippen LogP contribution in [0.2, 0.25) is 0 Å². The molecule has 0 radical (unpaired) electrons. The molecule has 3 aromatic heterocycles. The van der Waals surface area contributed by atoms with Gasteiger partial charge in [0.2, 0.25) is 0 Å². The van der Waals surface area contributed by atoms with Crippen LogP contribution < -0.4 is 0 Å². The number of H-pyrrole nitrogens is 2. The average molecular weight is 863 g/mol. The molecule has 330 valence electrons. The molecule has 62 heavy (non-hydrogen) atoms. The molecule has 0 fully saturated rings. The number of hydrogen-bond donors (Lipinski definition) is 10. The van der Waals surface area contributed by atoms with Gasteiger partial charge in [0.15, 0.2) is 0 Å². The Balaban J connectivity index is 2.11. The number of fused-ring (bicyclic) bond motifs is 8. The van der Waals surface area contributed by atoms with Crippen LogP contribution in [0.25, 0.3) is 22.1 Å². The summed E-state index contributed by atoms with van der Waals surface area (Å²) >= 11 is 0. The number of aromatic nitrogens is 4. The van der Waals surface area contributed by atoms with E-state index in [2.05, 4.69) is 9.97 Å². The van der Waals surface area contributed by atoms with Gasteiger partial charge in [0, 0.05) is 93.2 Å². The van der Waals surface area contributed by atoms with Crippen LogP contribution in [0.1, 0.15) is 122 Å². The zero-order valence-electron chi connectivity index (χ0n) is 33.7. The van der Waals surface area contributed by atoms with Crippen molar-refractivity contribution in [1.29, 1.82) is 0 Å². The summed E-state index contributed by atoms with van der Waals surface area (Å²) in [6, 6.07) is 5.71. The van der Waals surface area contributed by atoms with E-state index < -0.39 is 122 Å². The van der Waals surface area contributed by atoms with E-state index in [1.807, 2.05) is 0 Å². The van der Waals surface area contributed by atoms with Gasteiger partial charge in [0.25, 0.3) is 0 Å². The van der Waals surface area contributed by atoms with Gasteiger partial charge in [0.05, 0.1) is 25.7 Å². The fourth-order valence-electron chi connectivity index (χ4n) is 8.93. The van der Waals surface area contributed by atoms with Crippen LogP contribution in [0.5, 0.6) is 0 Å². The van der Waals surface area contributed by atoms with Crippen molar-refractivity contribution in [3.63, 3.8) is 0 Å². The molecule has 8 bridgehead atoms. The van der Waals surface area contributed by atoms with Gasteiger partial charge in [-0.3, -0.25) is 48.3 Å². The predicted molar refractivity (Wildman–Crippen MR) is 214 cm³/mol. The van der Waals surface area contributed by atoms with Crippen LogP contribution in [0.15, 0.2) is 24.3 Å². The number of carboxylic acid groups (broad SMARTS) is 8. The van der Waals surface area contributed by atoms with Crippen LogP contribution >= 0.6 is 0 Å². The number of aromatic amines is 2. The van der Waals surface area contributed by atoms with E-state index in [0.717, 1.165) is 0 Å². The summed E-state index contributed by atoms with van der Waals surface area (Å²) in [5.74, 6) is -12.0. The summed E-state index contributed by atoms with van der Waals surface area (Å²) in [7, 11) is 0. The summed E-state index contributed by atoms with van der Waals surface area (Å²) in [5, 5.41) is 79.7. The van der Waals surface area contributed by atoms with E-state index >= 15 is 0 Å². The zero-order valence-corrected chi connectivity index (χ0v) is 33.7. The van der Waals surface area contributed by atoms with Gasteiger partial charge in [-0.1, -0.05) is 13.8 Å². The third kappa shape index (κ3) is 10.1. The minimum Gasteiger partial charge on any atom is -0.481 e. The van der Waals surface area contributed by atoms with E-state index in [1.54, 1.807) is 13.8 Å². The first-order valence-electron chi connectivity index (χ1n) is 19.5. The molecule has 20 nitrogen and oxygen atoms in total. The lowest BCUT2D eigenvalue weighted by Gasteiger charge is -2.31. The second-order valence-electron chi connectivity index (χ2n) is 16.1. The molecule has 20 heteroatoms. The van der Waals surface area contributed by atoms with Gasteiger partial charge in [-0.2, -0.15) is 0 Å². The average Bonchev–Trinajstić information content (AvgIpc) is 3.77. The first kappa shape index (κ1) is 46.0. The highest BCUT2D eigenvalue weighted by molar-refractivity contribution is 5.86. The van der Waals surface area contributed by atoms with Crippen LogP contribution in [-0.4, -0.2) is 109 Å². The van der Waals surface area contributed by atoms with Crippen molar-refractivity contribution in [1.82, 2.24) is 19.9 Å². The molecule has 0 saturated heterocycles. The standard InChI is InChI=1S/C42H46N4O16/c1-41(17-39(59)60)23(5-9-35(51)52)29-14-27-21(11-37(55)56)19(3-7-33(47)48)25(43-27)13-26-20(4-8-34(49)50)22(12-38(57)58)28(44-26)15-31-42(2,18-40(61)62)24(6-10-36(53)54)30(46-31)16-32(41)45-29/h13-16,23-24,43-44H,3-12,17-18H2,1-2H3,(H,47,48)(H,49,50)(H,51,52)(H,53,54)(H,55,56)(H,57,58)(H,59,60)(H,61,62). The summed E-state index contributed by atoms with van der Waals surface area (Å²) in [6.07, 6.45) is -5.18. The number of nitrogens with zero attached hydrogens (tertiary/aromatic N) is 2. The Kier molecular flexibility index (Phi) is 13.5. The molecule has 4 unspecified atom stereocenters. The van der Waals surface area contributed by atoms with Crippen molar-refractivity contribution < 1.29 is 79.2 Å². The van der Waals surface area contributed by atoms with Crippen LogP contribution in [0.3, 0.4) is 0 Å². The van der Waals surface area contributed by atoms with Gasteiger partial charge in [-0.25, -0.2) is 0 Å². The van der Waals surface area contributed by atoms with E-state index in [4.69, 9.17) is 9.97 Å². The number of hydrogen-bond acceptors (Lipinski definition) is 10. The Morgan fingerprint density at radius 3 is 1.19 bits per heavy atom. The van der Waals surface area contributed by atoms with E-state index in [-0.39, 0.29) is 92.8 Å². The largest absolute Gasteiger partial charge is 0.481 e. The van der Waals surface area contributed by atoms with Crippen LogP contribution in [0.4, 0.5) is 0 Å². The van der Waals surface area contributed by atoms with Gasteiger partial charge in [0.1, 0.15) is 0 Å². The third-order valence-corrected chi connectivity index (χ3v) is 11.8. The Morgan fingerprint density at radius 2 is 0.823 bits per heavy atom. The van der Waals surface area contributed by atoms with Gasteiger partial charge < -0.3 is 50.8 Å². The Hall–Kier alpha value is -7.12. The molecule has 10 N–H and O–H groups in total. The quantitative estimate of drug-likeness (QED) is 0.0754. The maximum atomic E-state index is 12.6. The maximum Gasteiger partial charge on any atom is 0.307 e. The highest BCUT2D eigenvalue weighted by atomic mass is 16.4. The molecule has 5 heterocycles. The Morgan fingerprint density at radius 1 is 0.468 bits per heavy atom. The SMILES string of the molecule is CC1(CC(=O)O)c2cc3nc(cc4[nH]c(cc5[nH]c(cc(n2)C1CCC(=O)O)c(CC(=O)O)c5CCC(=O)O)c(CCC(=O)O)c4CC(=O)O)C(C)(CC(=O)O)C3CCC(=O)O. The van der Waals surface area contributed by atoms with E-state index in [1.165, 1.54) is 24.3 Å². The topological polar surface area (TPSA) is 356 Å². The Bertz CT molecular complexity index is 2540. The Labute approximate surface area is 351 Å². The number of rotatable bonds is 20. The van der Waals surface area contributed by atoms with Gasteiger partial charge in [-0.15, -0.1) is 0 Å². The monoisotopic (exact) mass is 862 g/mol. The van der Waals surface area contributed by atoms with Crippen molar-refractivity contribution in [2.45, 2.75) is 114 Å². The number of carboxylic acids is 8. The van der Waals surface area contributed by atoms with E-state index in [0.29, 0.717) is 0 Å². The smallest absolute Gasteiger partial charge is 0.307 e. The minimum absolute atomic E-state index is 0.0580. The second kappa shape index (κ2) is 18.2. The van der Waals surface area contributed by atoms with Crippen molar-refractivity contribution >= 4 is 69.8 Å². The molecule has 0 aromatic carbocycles. The first-order valence-corrected chi connectivity index (χ1v) is 19.5. The summed E-state index contributed by atoms with van der Waals surface area (Å²) in [6.45, 7) is 3.09. The fraction of sp³-hybridized carbons (Fsp3) is 0.429. The highest BCUT2D eigenvalue weighted by Gasteiger charge is 2.48. The molecule has 0 spiro atoms. The lowest BCUT2D eigenvalue weighted by molar-refractivity contribution is -0.140. The van der Waals surface area contributed by atoms with E-state index in [9.17, 15) is 79.2 Å². The zero-order chi connectivity index (χ0) is 45.8. The third-order valence-electron chi connectivity index (χ3n) is 11.8. The van der Waals surface area contributed by atoms with Crippen LogP contribution in [0, 0.1) is 0 Å². The van der Waals surface area contributed by atoms with Crippen molar-refractivity contribution in [2.24, 2.45) is 0 Å². The fourth-order valence-corrected chi connectivity index (χ4v) is 8.93. The molecule has 2 aliphatic heterocycles. The molecule has 2 aliphatic rings. The highest BCUT2D eigenvalue weighted by Crippen LogP contribution is 2.51. The van der Waals surface area contributed by atoms with Gasteiger partial charge >= 0.3 is 47.8 Å². The molecule has 0 aliphatic carbocycles. The van der Waals surface area contributed by atoms with Gasteiger partial charge in [-0.05, 0) is 72.2 Å². The molecule has 4 atom stereocenters. The molecular formula is C42H46N4O16. The van der Waals surface area contributed by atoms with Crippen molar-refractivity contribution in [3.05, 3.63) is 69.3 Å². The summed E-state index contributed by atoms with van der Waals surface area (Å²) in [5.41, 5.74) is -1.52. The maximum absolute atomic E-state index is 12.6. The molecule has 5 rings (SSSR count). The number of nitrogens with one attached hydrogen (secondary N) is 2. The first-order chi connectivity index (χ1) is 29.0. The number of carbonyl (C=O) groups is 8. The summed E-state index contributed by atoms with van der Waals surface area (Å²) < 4.78 is 0. The lowest BCUT2D eigenvalue weighted by Crippen LogP contribution is -2.31.